The first-order chi connectivity index (χ1) is 19.3. The summed E-state index contributed by atoms with van der Waals surface area (Å²) < 4.78 is 5.76. The largest absolute Gasteiger partial charge is 0.507 e. The number of nitrogens with zero attached hydrogens (tertiary/aromatic N) is 2. The second kappa shape index (κ2) is 12.4. The molecular formula is C35H44N2O4. The van der Waals surface area contributed by atoms with Crippen LogP contribution in [-0.2, 0) is 17.4 Å². The predicted molar refractivity (Wildman–Crippen MR) is 167 cm³/mol. The molecule has 3 N–H and O–H groups in total. The van der Waals surface area contributed by atoms with E-state index in [0.29, 0.717) is 12.4 Å². The number of phenolic OH excluding ortho intramolecular Hbond substituents is 3. The Kier molecular flexibility index (Phi) is 9.11. The van der Waals surface area contributed by atoms with Crippen LogP contribution in [0.3, 0.4) is 0 Å². The van der Waals surface area contributed by atoms with Gasteiger partial charge in [-0.2, -0.15) is 0 Å². The summed E-state index contributed by atoms with van der Waals surface area (Å²) in [7, 11) is 0. The van der Waals surface area contributed by atoms with Gasteiger partial charge in [0, 0.05) is 35.7 Å². The zero-order valence-electron chi connectivity index (χ0n) is 25.2. The number of phenols is 3. The number of benzene rings is 3. The average Bonchev–Trinajstić information content (AvgIpc) is 2.90. The van der Waals surface area contributed by atoms with Gasteiger partial charge >= 0.3 is 0 Å². The minimum atomic E-state index is -0.211. The molecule has 6 nitrogen and oxygen atoms in total. The summed E-state index contributed by atoms with van der Waals surface area (Å²) in [6.07, 6.45) is 7.18. The second-order valence-electron chi connectivity index (χ2n) is 13.1. The minimum absolute atomic E-state index is 0.0615. The third kappa shape index (κ3) is 7.69. The molecule has 6 heteroatoms. The molecule has 1 saturated carbocycles. The third-order valence-electron chi connectivity index (χ3n) is 7.67. The molecule has 0 heterocycles. The highest BCUT2D eigenvalue weighted by Gasteiger charge is 2.26. The Balaban J connectivity index is 1.54. The van der Waals surface area contributed by atoms with E-state index in [2.05, 4.69) is 47.6 Å². The fourth-order valence-electron chi connectivity index (χ4n) is 5.10. The van der Waals surface area contributed by atoms with E-state index >= 15 is 0 Å². The first kappa shape index (κ1) is 30.2. The predicted octanol–water partition coefficient (Wildman–Crippen LogP) is 7.83. The van der Waals surface area contributed by atoms with Gasteiger partial charge in [0.05, 0.1) is 17.6 Å². The molecule has 3 aromatic rings. The van der Waals surface area contributed by atoms with Crippen molar-refractivity contribution in [3.63, 3.8) is 0 Å². The highest BCUT2D eigenvalue weighted by Crippen LogP contribution is 2.37. The quantitative estimate of drug-likeness (QED) is 0.259. The van der Waals surface area contributed by atoms with Gasteiger partial charge in [0.15, 0.2) is 0 Å². The number of aliphatic imine (C=N–C) groups is 2. The van der Waals surface area contributed by atoms with Gasteiger partial charge in [0.2, 0.25) is 0 Å². The van der Waals surface area contributed by atoms with E-state index in [-0.39, 0.29) is 45.7 Å². The maximum atomic E-state index is 11.2. The Morgan fingerprint density at radius 2 is 1.37 bits per heavy atom. The molecule has 0 amide bonds. The standard InChI is InChI=1S/C35H44N2O4/c1-34(2,3)25-16-24(33(40)28(17-25)35(4,5)6)20-36-29-14-10-11-15-30(29)37-21-27-31(38)18-26(19-32(27)39)41-22-23-12-8-7-9-13-23/h7-9,12-13,16-21,29-30,38-40H,10-11,14-15,22H2,1-6H3/t29-,30-/m0/s1. The molecule has 1 aliphatic rings. The zero-order valence-corrected chi connectivity index (χ0v) is 25.2. The minimum Gasteiger partial charge on any atom is -0.507 e. The molecule has 0 saturated heterocycles. The van der Waals surface area contributed by atoms with Crippen LogP contribution >= 0.6 is 0 Å². The van der Waals surface area contributed by atoms with Crippen molar-refractivity contribution in [2.24, 2.45) is 9.98 Å². The molecule has 0 aromatic heterocycles. The molecule has 2 atom stereocenters. The number of ether oxygens (including phenoxy) is 1. The summed E-state index contributed by atoms with van der Waals surface area (Å²) in [6, 6.07) is 16.7. The molecule has 0 spiro atoms. The topological polar surface area (TPSA) is 94.6 Å². The first-order valence-electron chi connectivity index (χ1n) is 14.5. The lowest BCUT2D eigenvalue weighted by Gasteiger charge is -2.27. The van der Waals surface area contributed by atoms with E-state index in [1.54, 1.807) is 12.4 Å². The average molecular weight is 557 g/mol. The Labute approximate surface area is 244 Å². The molecule has 0 unspecified atom stereocenters. The maximum absolute atomic E-state index is 11.2. The van der Waals surface area contributed by atoms with Gasteiger partial charge in [-0.15, -0.1) is 0 Å². The van der Waals surface area contributed by atoms with Crippen molar-refractivity contribution in [1.82, 2.24) is 0 Å². The van der Waals surface area contributed by atoms with Crippen LogP contribution in [0, 0.1) is 0 Å². The highest BCUT2D eigenvalue weighted by molar-refractivity contribution is 5.88. The molecule has 0 radical (unpaired) electrons. The van der Waals surface area contributed by atoms with Crippen molar-refractivity contribution in [1.29, 1.82) is 0 Å². The Morgan fingerprint density at radius 1 is 0.780 bits per heavy atom. The van der Waals surface area contributed by atoms with Gasteiger partial charge in [0.1, 0.15) is 29.6 Å². The van der Waals surface area contributed by atoms with E-state index in [1.165, 1.54) is 12.1 Å². The first-order valence-corrected chi connectivity index (χ1v) is 14.5. The summed E-state index contributed by atoms with van der Waals surface area (Å²) in [5.74, 6) is 0.472. The van der Waals surface area contributed by atoms with Gasteiger partial charge in [-0.3, -0.25) is 9.98 Å². The van der Waals surface area contributed by atoms with Crippen molar-refractivity contribution in [3.05, 3.63) is 82.4 Å². The SMILES string of the molecule is CC(C)(C)c1cc(C=N[C@H]2CCCC[C@@H]2N=Cc2c(O)cc(OCc3ccccc3)cc2O)c(O)c(C(C)(C)C)c1. The molecule has 0 bridgehead atoms. The van der Waals surface area contributed by atoms with Crippen LogP contribution in [0.25, 0.3) is 0 Å². The van der Waals surface area contributed by atoms with Crippen molar-refractivity contribution >= 4 is 12.4 Å². The Morgan fingerprint density at radius 3 is 1.93 bits per heavy atom. The summed E-state index contributed by atoms with van der Waals surface area (Å²) in [6.45, 7) is 13.2. The maximum Gasteiger partial charge on any atom is 0.131 e. The van der Waals surface area contributed by atoms with Crippen LogP contribution in [0.1, 0.15) is 95.0 Å². The van der Waals surface area contributed by atoms with Crippen molar-refractivity contribution in [3.8, 4) is 23.0 Å². The lowest BCUT2D eigenvalue weighted by atomic mass is 9.79. The number of rotatable bonds is 7. The van der Waals surface area contributed by atoms with Gasteiger partial charge in [0.25, 0.3) is 0 Å². The van der Waals surface area contributed by atoms with Crippen molar-refractivity contribution in [2.45, 2.75) is 96.7 Å². The molecule has 1 aliphatic carbocycles. The highest BCUT2D eigenvalue weighted by atomic mass is 16.5. The van der Waals surface area contributed by atoms with Crippen LogP contribution in [-0.4, -0.2) is 39.8 Å². The summed E-state index contributed by atoms with van der Waals surface area (Å²) >= 11 is 0. The van der Waals surface area contributed by atoms with Gasteiger partial charge in [-0.25, -0.2) is 0 Å². The summed E-state index contributed by atoms with van der Waals surface area (Å²) in [5.41, 5.74) is 3.76. The number of aromatic hydroxyl groups is 3. The van der Waals surface area contributed by atoms with Crippen LogP contribution in [0.5, 0.6) is 23.0 Å². The Bertz CT molecular complexity index is 1380. The van der Waals surface area contributed by atoms with Crippen LogP contribution in [0.2, 0.25) is 0 Å². The molecule has 218 valence electrons. The third-order valence-corrected chi connectivity index (χ3v) is 7.67. The van der Waals surface area contributed by atoms with E-state index in [1.807, 2.05) is 36.4 Å². The van der Waals surface area contributed by atoms with Gasteiger partial charge in [-0.05, 0) is 40.9 Å². The van der Waals surface area contributed by atoms with E-state index in [9.17, 15) is 15.3 Å². The molecule has 3 aromatic carbocycles. The fraction of sp³-hybridized carbons (Fsp3) is 0.429. The smallest absolute Gasteiger partial charge is 0.131 e. The fourth-order valence-corrected chi connectivity index (χ4v) is 5.10. The number of hydrogen-bond acceptors (Lipinski definition) is 6. The summed E-state index contributed by atoms with van der Waals surface area (Å²) in [4.78, 5) is 9.69. The normalized spacial score (nSPS) is 18.3. The zero-order chi connectivity index (χ0) is 29.8. The molecule has 0 aliphatic heterocycles. The summed E-state index contributed by atoms with van der Waals surface area (Å²) in [5, 5.41) is 32.4. The van der Waals surface area contributed by atoms with Crippen LogP contribution in [0.4, 0.5) is 0 Å². The number of hydrogen-bond donors (Lipinski definition) is 3. The second-order valence-corrected chi connectivity index (χ2v) is 13.1. The molecule has 4 rings (SSSR count). The van der Waals surface area contributed by atoms with Crippen molar-refractivity contribution in [2.75, 3.05) is 0 Å². The molecular weight excluding hydrogens is 512 g/mol. The van der Waals surface area contributed by atoms with Crippen LogP contribution < -0.4 is 4.74 Å². The van der Waals surface area contributed by atoms with Crippen molar-refractivity contribution < 1.29 is 20.1 Å². The molecule has 1 fully saturated rings. The Hall–Kier alpha value is -3.80. The monoisotopic (exact) mass is 556 g/mol. The lowest BCUT2D eigenvalue weighted by molar-refractivity contribution is 0.302. The lowest BCUT2D eigenvalue weighted by Crippen LogP contribution is -2.27. The van der Waals surface area contributed by atoms with Gasteiger partial charge < -0.3 is 20.1 Å². The molecule has 41 heavy (non-hydrogen) atoms. The van der Waals surface area contributed by atoms with Crippen LogP contribution in [0.15, 0.2) is 64.6 Å². The van der Waals surface area contributed by atoms with E-state index in [4.69, 9.17) is 14.7 Å². The van der Waals surface area contributed by atoms with E-state index < -0.39 is 0 Å². The van der Waals surface area contributed by atoms with Gasteiger partial charge in [-0.1, -0.05) is 90.8 Å². The van der Waals surface area contributed by atoms with E-state index in [0.717, 1.165) is 47.9 Å².